The number of aromatic nitrogens is 4. The van der Waals surface area contributed by atoms with Gasteiger partial charge in [0.15, 0.2) is 0 Å². The molecule has 0 fully saturated rings. The molecule has 2 heterocycles. The zero-order valence-corrected chi connectivity index (χ0v) is 8.44. The van der Waals surface area contributed by atoms with Crippen molar-refractivity contribution in [2.45, 2.75) is 6.54 Å². The summed E-state index contributed by atoms with van der Waals surface area (Å²) in [4.78, 5) is 11.4. The van der Waals surface area contributed by atoms with Gasteiger partial charge >= 0.3 is 0 Å². The lowest BCUT2D eigenvalue weighted by Gasteiger charge is -2.00. The molecule has 0 aliphatic rings. The molecule has 0 atom stereocenters. The second-order valence-corrected chi connectivity index (χ2v) is 3.55. The van der Waals surface area contributed by atoms with Gasteiger partial charge in [-0.2, -0.15) is 5.10 Å². The van der Waals surface area contributed by atoms with Crippen LogP contribution in [0.5, 0.6) is 0 Å². The monoisotopic (exact) mass is 224 g/mol. The van der Waals surface area contributed by atoms with Crippen LogP contribution < -0.4 is 11.1 Å². The highest BCUT2D eigenvalue weighted by atomic mass is 32.1. The van der Waals surface area contributed by atoms with Crippen LogP contribution in [0, 0.1) is 0 Å². The number of hydrogen-bond donors (Lipinski definition) is 2. The first-order valence-electron chi connectivity index (χ1n) is 4.10. The maximum Gasteiger partial charge on any atom is 0.246 e. The van der Waals surface area contributed by atoms with Crippen LogP contribution >= 0.6 is 11.5 Å². The summed E-state index contributed by atoms with van der Waals surface area (Å²) < 4.78 is 5.08. The Bertz CT molecular complexity index is 450. The molecule has 0 bridgehead atoms. The first-order chi connectivity index (χ1) is 7.24. The van der Waals surface area contributed by atoms with Crippen LogP contribution in [-0.2, 0) is 11.3 Å². The highest BCUT2D eigenvalue weighted by Gasteiger charge is 2.05. The molecule has 0 saturated carbocycles. The van der Waals surface area contributed by atoms with Gasteiger partial charge in [0.25, 0.3) is 0 Å². The average Bonchev–Trinajstić information content (AvgIpc) is 2.77. The van der Waals surface area contributed by atoms with E-state index in [0.717, 1.165) is 11.5 Å². The maximum atomic E-state index is 11.4. The van der Waals surface area contributed by atoms with E-state index in [0.29, 0.717) is 10.8 Å². The Hall–Kier alpha value is -1.96. The van der Waals surface area contributed by atoms with Gasteiger partial charge in [-0.05, 0) is 6.07 Å². The lowest BCUT2D eigenvalue weighted by Crippen LogP contribution is -2.18. The molecule has 1 amide bonds. The summed E-state index contributed by atoms with van der Waals surface area (Å²) in [5.41, 5.74) is 5.41. The van der Waals surface area contributed by atoms with Crippen molar-refractivity contribution >= 4 is 28.3 Å². The van der Waals surface area contributed by atoms with Crippen molar-refractivity contribution in [3.63, 3.8) is 0 Å². The quantitative estimate of drug-likeness (QED) is 0.761. The summed E-state index contributed by atoms with van der Waals surface area (Å²) >= 11 is 1.12. The molecule has 2 rings (SSSR count). The second-order valence-electron chi connectivity index (χ2n) is 2.77. The van der Waals surface area contributed by atoms with Gasteiger partial charge in [-0.1, -0.05) is 4.49 Å². The summed E-state index contributed by atoms with van der Waals surface area (Å²) in [5.74, 6) is 0.200. The fourth-order valence-corrected chi connectivity index (χ4v) is 1.45. The molecular formula is C7H8N6OS. The van der Waals surface area contributed by atoms with E-state index in [4.69, 9.17) is 5.73 Å². The van der Waals surface area contributed by atoms with Crippen LogP contribution in [0.15, 0.2) is 18.5 Å². The van der Waals surface area contributed by atoms with E-state index in [-0.39, 0.29) is 12.5 Å². The molecule has 2 aromatic heterocycles. The number of nitrogens with zero attached hydrogens (tertiary/aromatic N) is 4. The molecule has 2 aromatic rings. The molecule has 78 valence electrons. The molecule has 0 unspecified atom stereocenters. The Morgan fingerprint density at radius 3 is 3.13 bits per heavy atom. The standard InChI is InChI=1S/C7H8N6OS/c8-5-1-2-13(11-5)4-6(14)10-7-3-9-12-15-7/h1-3H,4H2,(H2,8,11)(H,10,14). The van der Waals surface area contributed by atoms with Crippen LogP contribution in [0.1, 0.15) is 0 Å². The normalized spacial score (nSPS) is 10.1. The van der Waals surface area contributed by atoms with Gasteiger partial charge in [0.05, 0.1) is 6.20 Å². The fraction of sp³-hybridized carbons (Fsp3) is 0.143. The van der Waals surface area contributed by atoms with Crippen molar-refractivity contribution in [2.24, 2.45) is 0 Å². The highest BCUT2D eigenvalue weighted by Crippen LogP contribution is 2.08. The van der Waals surface area contributed by atoms with E-state index in [1.807, 2.05) is 0 Å². The predicted molar refractivity (Wildman–Crippen MR) is 55.2 cm³/mol. The molecule has 0 aromatic carbocycles. The number of nitrogens with one attached hydrogen (secondary N) is 1. The molecule has 3 N–H and O–H groups in total. The number of rotatable bonds is 3. The summed E-state index contributed by atoms with van der Waals surface area (Å²) in [6, 6.07) is 1.63. The van der Waals surface area contributed by atoms with E-state index < -0.39 is 0 Å². The highest BCUT2D eigenvalue weighted by molar-refractivity contribution is 7.10. The van der Waals surface area contributed by atoms with Crippen LogP contribution in [0.3, 0.4) is 0 Å². The smallest absolute Gasteiger partial charge is 0.246 e. The molecule has 15 heavy (non-hydrogen) atoms. The SMILES string of the molecule is Nc1ccn(CC(=O)Nc2cnns2)n1. The van der Waals surface area contributed by atoms with Crippen molar-refractivity contribution in [1.29, 1.82) is 0 Å². The lowest BCUT2D eigenvalue weighted by atomic mass is 10.6. The van der Waals surface area contributed by atoms with Crippen LogP contribution in [0.4, 0.5) is 10.8 Å². The first kappa shape index (κ1) is 9.59. The first-order valence-corrected chi connectivity index (χ1v) is 4.87. The van der Waals surface area contributed by atoms with Gasteiger partial charge in [-0.15, -0.1) is 5.10 Å². The number of carbonyl (C=O) groups excluding carboxylic acids is 1. The molecule has 8 heteroatoms. The summed E-state index contributed by atoms with van der Waals surface area (Å²) in [5, 5.41) is 10.7. The Morgan fingerprint density at radius 1 is 1.67 bits per heavy atom. The molecule has 0 aliphatic heterocycles. The van der Waals surface area contributed by atoms with Gasteiger partial charge in [0.2, 0.25) is 5.91 Å². The van der Waals surface area contributed by atoms with Crippen LogP contribution in [-0.4, -0.2) is 25.3 Å². The average molecular weight is 224 g/mol. The molecule has 0 saturated heterocycles. The minimum atomic E-state index is -0.191. The lowest BCUT2D eigenvalue weighted by molar-refractivity contribution is -0.116. The number of nitrogen functional groups attached to an aromatic ring is 1. The Balaban J connectivity index is 1.93. The molecular weight excluding hydrogens is 216 g/mol. The third-order valence-electron chi connectivity index (χ3n) is 1.59. The molecule has 0 radical (unpaired) electrons. The van der Waals surface area contributed by atoms with Crippen LogP contribution in [0.2, 0.25) is 0 Å². The summed E-state index contributed by atoms with van der Waals surface area (Å²) in [7, 11) is 0. The second kappa shape index (κ2) is 4.05. The Morgan fingerprint density at radius 2 is 2.53 bits per heavy atom. The van der Waals surface area contributed by atoms with Crippen molar-refractivity contribution in [3.05, 3.63) is 18.5 Å². The van der Waals surface area contributed by atoms with Crippen molar-refractivity contribution in [1.82, 2.24) is 19.4 Å². The van der Waals surface area contributed by atoms with E-state index in [1.165, 1.54) is 10.9 Å². The van der Waals surface area contributed by atoms with Crippen molar-refractivity contribution in [2.75, 3.05) is 11.1 Å². The number of amides is 1. The van der Waals surface area contributed by atoms with Crippen LogP contribution in [0.25, 0.3) is 0 Å². The predicted octanol–water partition coefficient (Wildman–Crippen LogP) is -0.0445. The van der Waals surface area contributed by atoms with Gasteiger partial charge < -0.3 is 11.1 Å². The largest absolute Gasteiger partial charge is 0.382 e. The fourth-order valence-electron chi connectivity index (χ4n) is 1.01. The molecule has 0 spiro atoms. The third kappa shape index (κ3) is 2.50. The zero-order chi connectivity index (χ0) is 10.7. The van der Waals surface area contributed by atoms with Crippen molar-refractivity contribution < 1.29 is 4.79 Å². The van der Waals surface area contributed by atoms with Gasteiger partial charge in [-0.3, -0.25) is 9.48 Å². The van der Waals surface area contributed by atoms with E-state index in [9.17, 15) is 4.79 Å². The minimum Gasteiger partial charge on any atom is -0.382 e. The van der Waals surface area contributed by atoms with Gasteiger partial charge in [0.1, 0.15) is 17.4 Å². The zero-order valence-electron chi connectivity index (χ0n) is 7.62. The number of hydrogen-bond acceptors (Lipinski definition) is 6. The maximum absolute atomic E-state index is 11.4. The number of nitrogens with two attached hydrogens (primary N) is 1. The third-order valence-corrected chi connectivity index (χ3v) is 2.17. The van der Waals surface area contributed by atoms with Gasteiger partial charge in [-0.25, -0.2) is 0 Å². The molecule has 0 aliphatic carbocycles. The number of carbonyl (C=O) groups is 1. The van der Waals surface area contributed by atoms with Crippen molar-refractivity contribution in [3.8, 4) is 0 Å². The van der Waals surface area contributed by atoms with Gasteiger partial charge in [0, 0.05) is 17.7 Å². The summed E-state index contributed by atoms with van der Waals surface area (Å²) in [6.45, 7) is 0.120. The van der Waals surface area contributed by atoms with E-state index in [1.54, 1.807) is 12.3 Å². The van der Waals surface area contributed by atoms with E-state index in [2.05, 4.69) is 20.0 Å². The molecule has 7 nitrogen and oxygen atoms in total. The number of anilines is 2. The minimum absolute atomic E-state index is 0.120. The summed E-state index contributed by atoms with van der Waals surface area (Å²) in [6.07, 6.45) is 3.12. The topological polar surface area (TPSA) is 98.7 Å². The Labute approximate surface area is 89.1 Å². The Kier molecular flexibility index (Phi) is 2.59. The van der Waals surface area contributed by atoms with E-state index >= 15 is 0 Å².